The van der Waals surface area contributed by atoms with Crippen molar-refractivity contribution in [3.63, 3.8) is 0 Å². The van der Waals surface area contributed by atoms with E-state index in [4.69, 9.17) is 17.9 Å². The van der Waals surface area contributed by atoms with E-state index in [0.29, 0.717) is 0 Å². The van der Waals surface area contributed by atoms with E-state index in [1.807, 2.05) is 0 Å². The number of cyclic esters (lactones) is 2. The molecule has 0 fully saturated rings. The van der Waals surface area contributed by atoms with Gasteiger partial charge in [-0.25, -0.2) is 0 Å². The summed E-state index contributed by atoms with van der Waals surface area (Å²) in [6.07, 6.45) is -6.06. The Bertz CT molecular complexity index is 561. The number of hydrogen-bond donors (Lipinski definition) is 6. The zero-order valence-corrected chi connectivity index (χ0v) is 14.0. The molecule has 140 valence electrons. The van der Waals surface area contributed by atoms with Crippen molar-refractivity contribution in [1.82, 2.24) is 0 Å². The third-order valence-electron chi connectivity index (χ3n) is 3.16. The van der Waals surface area contributed by atoms with Crippen molar-refractivity contribution in [2.45, 2.75) is 24.4 Å². The van der Waals surface area contributed by atoms with Crippen LogP contribution in [0.1, 0.15) is 0 Å². The first-order valence-corrected chi connectivity index (χ1v) is 8.08. The van der Waals surface area contributed by atoms with Crippen molar-refractivity contribution in [2.75, 3.05) is 13.2 Å². The number of hydrogen-bond acceptors (Lipinski definition) is 12. The molecule has 0 amide bonds. The number of rotatable bonds is 8. The van der Waals surface area contributed by atoms with E-state index in [0.717, 1.165) is 0 Å². The zero-order chi connectivity index (χ0) is 18.7. The summed E-state index contributed by atoms with van der Waals surface area (Å²) >= 11 is -1.42. The van der Waals surface area contributed by atoms with Gasteiger partial charge in [-0.05, 0) is 0 Å². The molecule has 0 radical (unpaired) electrons. The van der Waals surface area contributed by atoms with Gasteiger partial charge in [0.05, 0.1) is 0 Å². The molecule has 0 saturated heterocycles. The average molecular weight is 429 g/mol. The maximum atomic E-state index is 11.3. The monoisotopic (exact) mass is 430 g/mol. The summed E-state index contributed by atoms with van der Waals surface area (Å²) < 4.78 is 19.3. The molecule has 0 unspecified atom stereocenters. The number of aliphatic hydroxyl groups is 6. The molecule has 0 saturated carbocycles. The van der Waals surface area contributed by atoms with Gasteiger partial charge in [0.25, 0.3) is 0 Å². The summed E-state index contributed by atoms with van der Waals surface area (Å²) in [6, 6.07) is 0. The fourth-order valence-electron chi connectivity index (χ4n) is 1.88. The van der Waals surface area contributed by atoms with Gasteiger partial charge in [-0.15, -0.1) is 0 Å². The van der Waals surface area contributed by atoms with Crippen LogP contribution in [0, 0.1) is 0 Å². The Hall–Kier alpha value is -2.02. The molecule has 25 heavy (non-hydrogen) atoms. The summed E-state index contributed by atoms with van der Waals surface area (Å²) in [5, 5.41) is 56.0. The van der Waals surface area contributed by atoms with Gasteiger partial charge in [0.2, 0.25) is 0 Å². The summed E-state index contributed by atoms with van der Waals surface area (Å²) in [4.78, 5) is 22.6. The Morgan fingerprint density at radius 1 is 0.880 bits per heavy atom. The zero-order valence-electron chi connectivity index (χ0n) is 12.3. The molecule has 2 heterocycles. The minimum atomic E-state index is -1.56. The van der Waals surface area contributed by atoms with Gasteiger partial charge in [0, 0.05) is 0 Å². The summed E-state index contributed by atoms with van der Waals surface area (Å²) in [5.74, 6) is -5.25. The van der Waals surface area contributed by atoms with Gasteiger partial charge in [-0.3, -0.25) is 0 Å². The van der Waals surface area contributed by atoms with Crippen LogP contribution in [0.2, 0.25) is 0 Å². The second-order valence-corrected chi connectivity index (χ2v) is 5.80. The van der Waals surface area contributed by atoms with Crippen LogP contribution in [0.15, 0.2) is 23.0 Å². The van der Waals surface area contributed by atoms with Crippen molar-refractivity contribution in [1.29, 1.82) is 0 Å². The van der Waals surface area contributed by atoms with Crippen LogP contribution >= 0.6 is 0 Å². The molecule has 0 aromatic carbocycles. The number of carbonyl (C=O) groups is 2. The SMILES string of the molecule is O=C1O[C@H]([C@@H](O)CO)C(O[Se]OC2=C(O)C(=O)O[C@@H]2[C@@H](O)CO)=C1O. The Balaban J connectivity index is 2.05. The van der Waals surface area contributed by atoms with Crippen molar-refractivity contribution < 1.29 is 57.3 Å². The molecular formula is C12H14O12Se. The van der Waals surface area contributed by atoms with Crippen LogP contribution in [0.25, 0.3) is 0 Å². The van der Waals surface area contributed by atoms with Crippen molar-refractivity contribution >= 4 is 27.6 Å². The predicted molar refractivity (Wildman–Crippen MR) is 73.2 cm³/mol. The van der Waals surface area contributed by atoms with E-state index in [1.54, 1.807) is 0 Å². The molecule has 0 aromatic rings. The minimum absolute atomic E-state index is 0.504. The van der Waals surface area contributed by atoms with Crippen molar-refractivity contribution in [3.8, 4) is 0 Å². The Labute approximate surface area is 146 Å². The van der Waals surface area contributed by atoms with Crippen LogP contribution in [0.5, 0.6) is 0 Å². The van der Waals surface area contributed by atoms with Gasteiger partial charge < -0.3 is 0 Å². The summed E-state index contributed by atoms with van der Waals surface area (Å²) in [6.45, 7) is -1.57. The molecule has 6 N–H and O–H groups in total. The van der Waals surface area contributed by atoms with E-state index in [9.17, 15) is 30.0 Å². The fraction of sp³-hybridized carbons (Fsp3) is 0.500. The molecule has 4 atom stereocenters. The quantitative estimate of drug-likeness (QED) is 0.166. The van der Waals surface area contributed by atoms with Crippen LogP contribution in [-0.4, -0.2) is 95.8 Å². The molecule has 2 aliphatic heterocycles. The van der Waals surface area contributed by atoms with Gasteiger partial charge in [-0.1, -0.05) is 0 Å². The van der Waals surface area contributed by atoms with E-state index in [1.165, 1.54) is 0 Å². The Morgan fingerprint density at radius 2 is 1.24 bits per heavy atom. The molecular weight excluding hydrogens is 415 g/mol. The van der Waals surface area contributed by atoms with Gasteiger partial charge >= 0.3 is 146 Å². The van der Waals surface area contributed by atoms with E-state index in [-0.39, 0.29) is 0 Å². The van der Waals surface area contributed by atoms with Gasteiger partial charge in [0.1, 0.15) is 0 Å². The van der Waals surface area contributed by atoms with Crippen LogP contribution in [0.4, 0.5) is 0 Å². The Morgan fingerprint density at radius 3 is 1.56 bits per heavy atom. The maximum absolute atomic E-state index is 11.3. The Kier molecular flexibility index (Phi) is 6.11. The first-order chi connectivity index (χ1) is 11.8. The normalized spacial score (nSPS) is 25.8. The predicted octanol–water partition coefficient (Wildman–Crippen LogP) is -3.35. The molecule has 0 aromatic heterocycles. The number of ether oxygens (including phenoxy) is 2. The topological polar surface area (TPSA) is 192 Å². The molecule has 0 aliphatic carbocycles. The second-order valence-electron chi connectivity index (χ2n) is 4.81. The first kappa shape index (κ1) is 19.3. The van der Waals surface area contributed by atoms with E-state index >= 15 is 0 Å². The van der Waals surface area contributed by atoms with Crippen LogP contribution < -0.4 is 0 Å². The molecule has 13 heteroatoms. The molecule has 2 aliphatic rings. The number of aliphatic hydroxyl groups excluding tert-OH is 6. The molecule has 2 rings (SSSR count). The van der Waals surface area contributed by atoms with Crippen LogP contribution in [0.3, 0.4) is 0 Å². The van der Waals surface area contributed by atoms with Crippen LogP contribution in [-0.2, 0) is 26.7 Å². The number of carbonyl (C=O) groups excluding carboxylic acids is 2. The third kappa shape index (κ3) is 3.81. The summed E-state index contributed by atoms with van der Waals surface area (Å²) in [7, 11) is 0. The average Bonchev–Trinajstić information content (AvgIpc) is 3.05. The van der Waals surface area contributed by atoms with Gasteiger partial charge in [0.15, 0.2) is 0 Å². The molecule has 0 spiro atoms. The second kappa shape index (κ2) is 7.91. The van der Waals surface area contributed by atoms with E-state index < -0.39 is 88.2 Å². The van der Waals surface area contributed by atoms with Crippen molar-refractivity contribution in [3.05, 3.63) is 23.0 Å². The van der Waals surface area contributed by atoms with E-state index in [2.05, 4.69) is 9.47 Å². The molecule has 0 bridgehead atoms. The molecule has 12 nitrogen and oxygen atoms in total. The fourth-order valence-corrected chi connectivity index (χ4v) is 2.99. The van der Waals surface area contributed by atoms with Crippen molar-refractivity contribution in [2.24, 2.45) is 0 Å². The number of esters is 2. The summed E-state index contributed by atoms with van der Waals surface area (Å²) in [5.41, 5.74) is 0. The standard InChI is InChI=1S/C12H14O12Se/c13-1-3(15)7-9(5(17)11(19)21-7)23-25-24-10-6(18)12(20)22-8(10)4(16)2-14/h3-4,7-8,13-18H,1-2H2/t3-,4-,7+,8+/m0/s1. The first-order valence-electron chi connectivity index (χ1n) is 6.69. The van der Waals surface area contributed by atoms with Gasteiger partial charge in [-0.2, -0.15) is 0 Å². The third-order valence-corrected chi connectivity index (χ3v) is 4.20.